The second kappa shape index (κ2) is 6.78. The first-order valence-corrected chi connectivity index (χ1v) is 8.23. The van der Waals surface area contributed by atoms with Crippen molar-refractivity contribution in [3.05, 3.63) is 59.4 Å². The summed E-state index contributed by atoms with van der Waals surface area (Å²) in [5.74, 6) is 2.04. The van der Waals surface area contributed by atoms with E-state index < -0.39 is 0 Å². The highest BCUT2D eigenvalue weighted by atomic mass is 15.2. The molecule has 6 heteroatoms. The van der Waals surface area contributed by atoms with Gasteiger partial charge in [0.05, 0.1) is 0 Å². The molecule has 0 bridgehead atoms. The first-order chi connectivity index (χ1) is 11.6. The van der Waals surface area contributed by atoms with Gasteiger partial charge in [0.25, 0.3) is 0 Å². The van der Waals surface area contributed by atoms with E-state index in [9.17, 15) is 0 Å². The molecule has 0 amide bonds. The third kappa shape index (κ3) is 3.13. The lowest BCUT2D eigenvalue weighted by molar-refractivity contribution is 0.907. The van der Waals surface area contributed by atoms with E-state index in [4.69, 9.17) is 0 Å². The molecule has 0 fully saturated rings. The second-order valence-electron chi connectivity index (χ2n) is 5.81. The van der Waals surface area contributed by atoms with Gasteiger partial charge in [0.1, 0.15) is 11.6 Å². The number of aromatic nitrogens is 6. The van der Waals surface area contributed by atoms with E-state index in [2.05, 4.69) is 60.4 Å². The van der Waals surface area contributed by atoms with Gasteiger partial charge in [-0.25, -0.2) is 0 Å². The zero-order chi connectivity index (χ0) is 17.1. The Morgan fingerprint density at radius 1 is 0.750 bits per heavy atom. The summed E-state index contributed by atoms with van der Waals surface area (Å²) in [6.07, 6.45) is 5.92. The quantitative estimate of drug-likeness (QED) is 0.568. The molecule has 0 unspecified atom stereocenters. The molecule has 0 aromatic carbocycles. The molecular weight excluding hydrogens is 300 g/mol. The molecule has 4 aromatic heterocycles. The minimum absolute atomic E-state index is 0.921. The van der Waals surface area contributed by atoms with Crippen molar-refractivity contribution in [2.75, 3.05) is 0 Å². The summed E-state index contributed by atoms with van der Waals surface area (Å²) in [7, 11) is 0. The molecule has 6 nitrogen and oxygen atoms in total. The van der Waals surface area contributed by atoms with E-state index in [1.807, 2.05) is 33.2 Å². The number of fused-ring (bicyclic) bond motifs is 2. The van der Waals surface area contributed by atoms with Crippen LogP contribution in [0.25, 0.3) is 11.3 Å². The molecule has 124 valence electrons. The predicted octanol–water partition coefficient (Wildman–Crippen LogP) is 3.20. The van der Waals surface area contributed by atoms with Gasteiger partial charge >= 0.3 is 0 Å². The van der Waals surface area contributed by atoms with E-state index in [0.717, 1.165) is 35.8 Å². The third-order valence-electron chi connectivity index (χ3n) is 3.89. The average molecular weight is 322 g/mol. The largest absolute Gasteiger partial charge is 0.286 e. The Morgan fingerprint density at radius 2 is 1.42 bits per heavy atom. The van der Waals surface area contributed by atoms with E-state index in [1.54, 1.807) is 0 Å². The highest BCUT2D eigenvalue weighted by molar-refractivity contribution is 5.40. The molecule has 4 rings (SSSR count). The van der Waals surface area contributed by atoms with Crippen LogP contribution in [0.5, 0.6) is 0 Å². The predicted molar refractivity (Wildman–Crippen MR) is 94.2 cm³/mol. The molecule has 0 atom stereocenters. The molecule has 0 saturated carbocycles. The van der Waals surface area contributed by atoms with Crippen molar-refractivity contribution >= 4 is 11.3 Å². The standard InChI is InChI=1S/2C9H11N3/c1-3-8-10-11-9-6-7(2)4-5-12(8)9;1-3-8-10-11-9-5-4-7(2)6-12(8)9/h2*4-6H,3H2,1-2H3. The van der Waals surface area contributed by atoms with Crippen LogP contribution in [-0.2, 0) is 12.8 Å². The summed E-state index contributed by atoms with van der Waals surface area (Å²) in [4.78, 5) is 0. The maximum atomic E-state index is 4.07. The van der Waals surface area contributed by atoms with E-state index >= 15 is 0 Å². The van der Waals surface area contributed by atoms with Crippen molar-refractivity contribution in [3.63, 3.8) is 0 Å². The zero-order valence-corrected chi connectivity index (χ0v) is 14.6. The van der Waals surface area contributed by atoms with Crippen molar-refractivity contribution in [2.24, 2.45) is 0 Å². The minimum atomic E-state index is 0.921. The molecule has 0 N–H and O–H groups in total. The van der Waals surface area contributed by atoms with Gasteiger partial charge in [-0.05, 0) is 43.2 Å². The Balaban J connectivity index is 0.000000141. The number of rotatable bonds is 2. The highest BCUT2D eigenvalue weighted by Gasteiger charge is 2.02. The lowest BCUT2D eigenvalue weighted by Crippen LogP contribution is -1.92. The number of nitrogens with zero attached hydrogens (tertiary/aromatic N) is 6. The highest BCUT2D eigenvalue weighted by Crippen LogP contribution is 2.07. The van der Waals surface area contributed by atoms with Gasteiger partial charge in [-0.2, -0.15) is 0 Å². The van der Waals surface area contributed by atoms with Gasteiger partial charge in [-0.3, -0.25) is 8.80 Å². The number of hydrogen-bond acceptors (Lipinski definition) is 4. The van der Waals surface area contributed by atoms with E-state index in [0.29, 0.717) is 0 Å². The summed E-state index contributed by atoms with van der Waals surface area (Å²) in [6.45, 7) is 8.29. The Kier molecular flexibility index (Phi) is 4.55. The molecular formula is C18H22N6. The van der Waals surface area contributed by atoms with Crippen LogP contribution in [0, 0.1) is 13.8 Å². The van der Waals surface area contributed by atoms with Crippen molar-refractivity contribution in [2.45, 2.75) is 40.5 Å². The summed E-state index contributed by atoms with van der Waals surface area (Å²) < 4.78 is 4.06. The topological polar surface area (TPSA) is 60.4 Å². The molecule has 0 spiro atoms. The second-order valence-corrected chi connectivity index (χ2v) is 5.81. The van der Waals surface area contributed by atoms with Gasteiger partial charge in [-0.1, -0.05) is 19.9 Å². The number of hydrogen-bond donors (Lipinski definition) is 0. The molecule has 0 saturated heterocycles. The smallest absolute Gasteiger partial charge is 0.161 e. The average Bonchev–Trinajstić information content (AvgIpc) is 3.17. The SMILES string of the molecule is CCc1nnc2cc(C)ccn12.CCc1nnc2ccc(C)cn12. The molecule has 0 aliphatic carbocycles. The maximum absolute atomic E-state index is 4.07. The Morgan fingerprint density at radius 3 is 2.12 bits per heavy atom. The van der Waals surface area contributed by atoms with Gasteiger partial charge < -0.3 is 0 Å². The monoisotopic (exact) mass is 322 g/mol. The van der Waals surface area contributed by atoms with Gasteiger partial charge in [0.15, 0.2) is 11.3 Å². The molecule has 0 aliphatic rings. The summed E-state index contributed by atoms with van der Waals surface area (Å²) in [5.41, 5.74) is 4.32. The van der Waals surface area contributed by atoms with Gasteiger partial charge in [-0.15, -0.1) is 20.4 Å². The van der Waals surface area contributed by atoms with Gasteiger partial charge in [0.2, 0.25) is 0 Å². The van der Waals surface area contributed by atoms with Crippen LogP contribution in [0.2, 0.25) is 0 Å². The van der Waals surface area contributed by atoms with Gasteiger partial charge in [0, 0.05) is 25.2 Å². The summed E-state index contributed by atoms with van der Waals surface area (Å²) in [6, 6.07) is 8.13. The van der Waals surface area contributed by atoms with E-state index in [-0.39, 0.29) is 0 Å². The Hall–Kier alpha value is -2.76. The Bertz CT molecular complexity index is 966. The fraction of sp³-hybridized carbons (Fsp3) is 0.333. The third-order valence-corrected chi connectivity index (χ3v) is 3.89. The maximum Gasteiger partial charge on any atom is 0.161 e. The van der Waals surface area contributed by atoms with E-state index in [1.165, 1.54) is 11.1 Å². The van der Waals surface area contributed by atoms with Crippen LogP contribution in [0.3, 0.4) is 0 Å². The van der Waals surface area contributed by atoms with Crippen LogP contribution in [0.4, 0.5) is 0 Å². The van der Waals surface area contributed by atoms with Crippen LogP contribution >= 0.6 is 0 Å². The number of aryl methyl sites for hydroxylation is 4. The fourth-order valence-electron chi connectivity index (χ4n) is 2.57. The molecule has 0 aliphatic heterocycles. The fourth-order valence-corrected chi connectivity index (χ4v) is 2.57. The molecule has 4 aromatic rings. The van der Waals surface area contributed by atoms with Crippen LogP contribution in [-0.4, -0.2) is 29.2 Å². The first-order valence-electron chi connectivity index (χ1n) is 8.23. The Labute approximate surface area is 141 Å². The molecule has 4 heterocycles. The molecule has 0 radical (unpaired) electrons. The van der Waals surface area contributed by atoms with Crippen LogP contribution in [0.1, 0.15) is 36.6 Å². The van der Waals surface area contributed by atoms with Crippen molar-refractivity contribution in [3.8, 4) is 0 Å². The normalized spacial score (nSPS) is 10.8. The zero-order valence-electron chi connectivity index (χ0n) is 14.6. The van der Waals surface area contributed by atoms with Crippen molar-refractivity contribution in [1.29, 1.82) is 0 Å². The van der Waals surface area contributed by atoms with Crippen molar-refractivity contribution in [1.82, 2.24) is 29.2 Å². The lowest BCUT2D eigenvalue weighted by Gasteiger charge is -1.96. The van der Waals surface area contributed by atoms with Crippen LogP contribution in [0.15, 0.2) is 36.7 Å². The van der Waals surface area contributed by atoms with Crippen LogP contribution < -0.4 is 0 Å². The summed E-state index contributed by atoms with van der Waals surface area (Å²) in [5, 5.41) is 16.2. The minimum Gasteiger partial charge on any atom is -0.286 e. The summed E-state index contributed by atoms with van der Waals surface area (Å²) >= 11 is 0. The molecule has 24 heavy (non-hydrogen) atoms. The lowest BCUT2D eigenvalue weighted by atomic mass is 10.3. The first kappa shape index (κ1) is 16.1. The van der Waals surface area contributed by atoms with Crippen molar-refractivity contribution < 1.29 is 0 Å². The number of pyridine rings is 2.